The Morgan fingerprint density at radius 1 is 1.33 bits per heavy atom. The third-order valence-corrected chi connectivity index (χ3v) is 3.34. The number of rotatable bonds is 3. The van der Waals surface area contributed by atoms with Crippen LogP contribution in [0.1, 0.15) is 19.8 Å². The van der Waals surface area contributed by atoms with Crippen LogP contribution in [0, 0.1) is 5.92 Å². The van der Waals surface area contributed by atoms with Gasteiger partial charge in [0.1, 0.15) is 0 Å². The summed E-state index contributed by atoms with van der Waals surface area (Å²) in [6.07, 6.45) is 2.15. The number of hydrogen-bond acceptors (Lipinski definition) is 2. The molecule has 0 spiro atoms. The molecular formula is C14H21N3O. The lowest BCUT2D eigenvalue weighted by Crippen LogP contribution is -2.29. The topological polar surface area (TPSA) is 59.6 Å². The fourth-order valence-corrected chi connectivity index (χ4v) is 2.22. The average molecular weight is 247 g/mol. The Kier molecular flexibility index (Phi) is 4.59. The zero-order chi connectivity index (χ0) is 12.8. The van der Waals surface area contributed by atoms with Gasteiger partial charge in [0.15, 0.2) is 5.96 Å². The van der Waals surface area contributed by atoms with Crippen LogP contribution in [0.5, 0.6) is 0 Å². The maximum absolute atomic E-state index is 5.92. The van der Waals surface area contributed by atoms with Crippen molar-refractivity contribution in [3.63, 3.8) is 0 Å². The van der Waals surface area contributed by atoms with Crippen LogP contribution in [0.4, 0.5) is 5.69 Å². The van der Waals surface area contributed by atoms with Crippen LogP contribution in [0.25, 0.3) is 0 Å². The number of aliphatic imine (C=N–C) groups is 1. The first-order valence-corrected chi connectivity index (χ1v) is 6.49. The highest BCUT2D eigenvalue weighted by Crippen LogP contribution is 2.20. The fourth-order valence-electron chi connectivity index (χ4n) is 2.22. The molecule has 0 amide bonds. The van der Waals surface area contributed by atoms with Gasteiger partial charge in [-0.1, -0.05) is 18.2 Å². The number of anilines is 1. The molecular weight excluding hydrogens is 226 g/mol. The van der Waals surface area contributed by atoms with Crippen LogP contribution in [-0.2, 0) is 4.74 Å². The van der Waals surface area contributed by atoms with Gasteiger partial charge in [-0.2, -0.15) is 0 Å². The van der Waals surface area contributed by atoms with Crippen LogP contribution in [-0.4, -0.2) is 25.2 Å². The predicted octanol–water partition coefficient (Wildman–Crippen LogP) is 2.23. The highest BCUT2D eigenvalue weighted by atomic mass is 16.5. The third-order valence-electron chi connectivity index (χ3n) is 3.34. The van der Waals surface area contributed by atoms with Crippen molar-refractivity contribution in [2.45, 2.75) is 25.8 Å². The molecule has 1 saturated heterocycles. The summed E-state index contributed by atoms with van der Waals surface area (Å²) >= 11 is 0. The number of benzene rings is 1. The van der Waals surface area contributed by atoms with Gasteiger partial charge in [-0.15, -0.1) is 0 Å². The SMILES string of the molecule is CC(N=C(N)Nc1ccccc1)C1CCOCC1. The lowest BCUT2D eigenvalue weighted by molar-refractivity contribution is 0.0605. The molecule has 1 fully saturated rings. The van der Waals surface area contributed by atoms with Gasteiger partial charge in [-0.25, -0.2) is 4.99 Å². The molecule has 0 aliphatic carbocycles. The van der Waals surface area contributed by atoms with E-state index in [2.05, 4.69) is 17.2 Å². The molecule has 0 radical (unpaired) electrons. The van der Waals surface area contributed by atoms with Crippen molar-refractivity contribution in [1.82, 2.24) is 0 Å². The third kappa shape index (κ3) is 3.74. The minimum atomic E-state index is 0.241. The molecule has 1 aliphatic rings. The zero-order valence-corrected chi connectivity index (χ0v) is 10.8. The summed E-state index contributed by atoms with van der Waals surface area (Å²) in [4.78, 5) is 4.52. The van der Waals surface area contributed by atoms with Crippen molar-refractivity contribution >= 4 is 11.6 Å². The quantitative estimate of drug-likeness (QED) is 0.636. The molecule has 0 aromatic heterocycles. The summed E-state index contributed by atoms with van der Waals surface area (Å²) in [5.74, 6) is 1.06. The first-order chi connectivity index (χ1) is 8.75. The average Bonchev–Trinajstić information content (AvgIpc) is 2.40. The Balaban J connectivity index is 1.91. The van der Waals surface area contributed by atoms with Crippen molar-refractivity contribution < 1.29 is 4.74 Å². The lowest BCUT2D eigenvalue weighted by atomic mass is 9.93. The predicted molar refractivity (Wildman–Crippen MR) is 74.7 cm³/mol. The second-order valence-electron chi connectivity index (χ2n) is 4.70. The molecule has 1 aromatic rings. The summed E-state index contributed by atoms with van der Waals surface area (Å²) < 4.78 is 5.36. The number of guanidine groups is 1. The first kappa shape index (κ1) is 12.9. The second-order valence-corrected chi connectivity index (χ2v) is 4.70. The molecule has 98 valence electrons. The zero-order valence-electron chi connectivity index (χ0n) is 10.8. The number of ether oxygens (including phenoxy) is 1. The van der Waals surface area contributed by atoms with Crippen molar-refractivity contribution in [3.8, 4) is 0 Å². The Morgan fingerprint density at radius 2 is 2.00 bits per heavy atom. The Morgan fingerprint density at radius 3 is 2.67 bits per heavy atom. The molecule has 0 saturated carbocycles. The molecule has 1 heterocycles. The molecule has 0 bridgehead atoms. The van der Waals surface area contributed by atoms with Crippen molar-refractivity contribution in [1.29, 1.82) is 0 Å². The molecule has 4 nitrogen and oxygen atoms in total. The van der Waals surface area contributed by atoms with Crippen LogP contribution in [0.2, 0.25) is 0 Å². The highest BCUT2D eigenvalue weighted by molar-refractivity contribution is 5.92. The number of hydrogen-bond donors (Lipinski definition) is 2. The van der Waals surface area contributed by atoms with Crippen LogP contribution in [0.15, 0.2) is 35.3 Å². The minimum absolute atomic E-state index is 0.241. The lowest BCUT2D eigenvalue weighted by Gasteiger charge is -2.25. The standard InChI is InChI=1S/C14H21N3O/c1-11(12-7-9-18-10-8-12)16-14(15)17-13-5-3-2-4-6-13/h2-6,11-12H,7-10H2,1H3,(H3,15,16,17). The minimum Gasteiger partial charge on any atom is -0.381 e. The van der Waals surface area contributed by atoms with E-state index < -0.39 is 0 Å². The summed E-state index contributed by atoms with van der Waals surface area (Å²) in [5.41, 5.74) is 6.89. The number of nitrogens with one attached hydrogen (secondary N) is 1. The van der Waals surface area contributed by atoms with E-state index in [1.807, 2.05) is 30.3 Å². The molecule has 1 unspecified atom stereocenters. The number of nitrogens with two attached hydrogens (primary N) is 1. The van der Waals surface area contributed by atoms with Crippen LogP contribution < -0.4 is 11.1 Å². The van der Waals surface area contributed by atoms with E-state index in [0.29, 0.717) is 11.9 Å². The van der Waals surface area contributed by atoms with Gasteiger partial charge < -0.3 is 15.8 Å². The van der Waals surface area contributed by atoms with Gasteiger partial charge in [0.2, 0.25) is 0 Å². The van der Waals surface area contributed by atoms with E-state index in [4.69, 9.17) is 10.5 Å². The maximum atomic E-state index is 5.92. The Bertz CT molecular complexity index is 385. The molecule has 1 aliphatic heterocycles. The largest absolute Gasteiger partial charge is 0.381 e. The van der Waals surface area contributed by atoms with Crippen molar-refractivity contribution in [2.75, 3.05) is 18.5 Å². The Labute approximate surface area is 108 Å². The van der Waals surface area contributed by atoms with Gasteiger partial charge >= 0.3 is 0 Å². The maximum Gasteiger partial charge on any atom is 0.193 e. The van der Waals surface area contributed by atoms with Gasteiger partial charge in [-0.3, -0.25) is 0 Å². The number of para-hydroxylation sites is 1. The fraction of sp³-hybridized carbons (Fsp3) is 0.500. The van der Waals surface area contributed by atoms with Gasteiger partial charge in [-0.05, 0) is 37.8 Å². The molecule has 1 aromatic carbocycles. The summed E-state index contributed by atoms with van der Waals surface area (Å²) in [6, 6.07) is 10.1. The monoisotopic (exact) mass is 247 g/mol. The molecule has 4 heteroatoms. The summed E-state index contributed by atoms with van der Waals surface area (Å²) in [7, 11) is 0. The Hall–Kier alpha value is -1.55. The van der Waals surface area contributed by atoms with E-state index in [1.54, 1.807) is 0 Å². The molecule has 1 atom stereocenters. The summed E-state index contributed by atoms with van der Waals surface area (Å²) in [6.45, 7) is 3.81. The van der Waals surface area contributed by atoms with E-state index in [0.717, 1.165) is 31.7 Å². The normalized spacial score (nSPS) is 19.5. The van der Waals surface area contributed by atoms with E-state index in [1.165, 1.54) is 0 Å². The van der Waals surface area contributed by atoms with E-state index in [-0.39, 0.29) is 6.04 Å². The van der Waals surface area contributed by atoms with E-state index >= 15 is 0 Å². The van der Waals surface area contributed by atoms with Crippen LogP contribution >= 0.6 is 0 Å². The molecule has 18 heavy (non-hydrogen) atoms. The van der Waals surface area contributed by atoms with Gasteiger partial charge in [0.25, 0.3) is 0 Å². The van der Waals surface area contributed by atoms with Crippen molar-refractivity contribution in [3.05, 3.63) is 30.3 Å². The second kappa shape index (κ2) is 6.40. The van der Waals surface area contributed by atoms with Crippen LogP contribution in [0.3, 0.4) is 0 Å². The van der Waals surface area contributed by atoms with Gasteiger partial charge in [0, 0.05) is 18.9 Å². The smallest absolute Gasteiger partial charge is 0.193 e. The molecule has 2 rings (SSSR count). The van der Waals surface area contributed by atoms with Crippen molar-refractivity contribution in [2.24, 2.45) is 16.6 Å². The van der Waals surface area contributed by atoms with Gasteiger partial charge in [0.05, 0.1) is 6.04 Å². The molecule has 3 N–H and O–H groups in total. The summed E-state index contributed by atoms with van der Waals surface area (Å²) in [5, 5.41) is 3.11. The first-order valence-electron chi connectivity index (χ1n) is 6.49. The van der Waals surface area contributed by atoms with E-state index in [9.17, 15) is 0 Å². The number of nitrogens with zero attached hydrogens (tertiary/aromatic N) is 1. The highest BCUT2D eigenvalue weighted by Gasteiger charge is 2.20.